The third-order valence-electron chi connectivity index (χ3n) is 4.95. The number of hydrogen-bond donors (Lipinski definition) is 0. The summed E-state index contributed by atoms with van der Waals surface area (Å²) in [6, 6.07) is 40.7. The first-order valence-electron chi connectivity index (χ1n) is 9.91. The maximum absolute atomic E-state index is 8.91. The van der Waals surface area contributed by atoms with Crippen LogP contribution in [0.2, 0.25) is 0 Å². The molecule has 0 aliphatic heterocycles. The Labute approximate surface area is 182 Å². The van der Waals surface area contributed by atoms with Gasteiger partial charge in [0.25, 0.3) is 0 Å². The van der Waals surface area contributed by atoms with Gasteiger partial charge >= 0.3 is 0 Å². The highest BCUT2D eigenvalue weighted by atomic mass is 15.1. The van der Waals surface area contributed by atoms with Crippen molar-refractivity contribution >= 4 is 23.1 Å². The van der Waals surface area contributed by atoms with Crippen molar-refractivity contribution < 1.29 is 0 Å². The van der Waals surface area contributed by atoms with Crippen LogP contribution in [0.15, 0.2) is 115 Å². The molecule has 0 aliphatic carbocycles. The van der Waals surface area contributed by atoms with Crippen molar-refractivity contribution in [1.29, 1.82) is 10.5 Å². The van der Waals surface area contributed by atoms with E-state index in [1.807, 2.05) is 72.8 Å². The Kier molecular flexibility index (Phi) is 5.89. The molecule has 3 nitrogen and oxygen atoms in total. The first-order valence-corrected chi connectivity index (χ1v) is 9.91. The van der Waals surface area contributed by atoms with Crippen LogP contribution in [0.4, 0.5) is 17.1 Å². The molecule has 0 N–H and O–H groups in total. The van der Waals surface area contributed by atoms with E-state index in [1.54, 1.807) is 6.08 Å². The molecule has 0 saturated heterocycles. The van der Waals surface area contributed by atoms with Crippen molar-refractivity contribution in [3.8, 4) is 23.3 Å². The first kappa shape index (κ1) is 19.7. The van der Waals surface area contributed by atoms with Crippen molar-refractivity contribution in [2.24, 2.45) is 0 Å². The van der Waals surface area contributed by atoms with Crippen molar-refractivity contribution in [3.63, 3.8) is 0 Å². The summed E-state index contributed by atoms with van der Waals surface area (Å²) in [4.78, 5) is 2.23. The number of allylic oxidation sites excluding steroid dienone is 1. The van der Waals surface area contributed by atoms with Gasteiger partial charge in [-0.1, -0.05) is 72.8 Å². The largest absolute Gasteiger partial charge is 0.311 e. The van der Waals surface area contributed by atoms with E-state index >= 15 is 0 Å². The van der Waals surface area contributed by atoms with Crippen molar-refractivity contribution in [2.75, 3.05) is 4.90 Å². The lowest BCUT2D eigenvalue weighted by Gasteiger charge is -2.25. The van der Waals surface area contributed by atoms with Crippen LogP contribution in [0.3, 0.4) is 0 Å². The number of rotatable bonds is 5. The smallest absolute Gasteiger partial charge is 0.130 e. The maximum Gasteiger partial charge on any atom is 0.130 e. The molecule has 3 heteroatoms. The molecule has 0 amide bonds. The monoisotopic (exact) mass is 397 g/mol. The van der Waals surface area contributed by atoms with Gasteiger partial charge in [0.15, 0.2) is 0 Å². The fourth-order valence-electron chi connectivity index (χ4n) is 3.43. The molecular formula is C28H19N3. The Morgan fingerprint density at radius 2 is 0.968 bits per heavy atom. The Hall–Kier alpha value is -4.60. The molecule has 0 unspecified atom stereocenters. The molecule has 31 heavy (non-hydrogen) atoms. The fourth-order valence-corrected chi connectivity index (χ4v) is 3.43. The number of para-hydroxylation sites is 2. The second-order valence-corrected chi connectivity index (χ2v) is 6.96. The topological polar surface area (TPSA) is 50.8 Å². The molecular weight excluding hydrogens is 378 g/mol. The lowest BCUT2D eigenvalue weighted by Crippen LogP contribution is -2.09. The Bertz CT molecular complexity index is 1200. The second kappa shape index (κ2) is 9.27. The first-order chi connectivity index (χ1) is 15.3. The molecule has 0 saturated carbocycles. The lowest BCUT2D eigenvalue weighted by atomic mass is 10.0. The zero-order chi connectivity index (χ0) is 21.5. The SMILES string of the molecule is N#CC(C#N)=Cc1ccc(-c2ccc(N(c3ccccc3)c3ccccc3)cc2)cc1. The quantitative estimate of drug-likeness (QED) is 0.333. The van der Waals surface area contributed by atoms with Crippen molar-refractivity contribution in [3.05, 3.63) is 120 Å². The van der Waals surface area contributed by atoms with Gasteiger partial charge in [-0.15, -0.1) is 0 Å². The summed E-state index contributed by atoms with van der Waals surface area (Å²) in [6.07, 6.45) is 1.59. The van der Waals surface area contributed by atoms with Gasteiger partial charge in [-0.05, 0) is 59.2 Å². The van der Waals surface area contributed by atoms with E-state index in [2.05, 4.69) is 53.4 Å². The van der Waals surface area contributed by atoms with E-state index in [0.717, 1.165) is 33.8 Å². The lowest BCUT2D eigenvalue weighted by molar-refractivity contribution is 1.28. The summed E-state index contributed by atoms with van der Waals surface area (Å²) < 4.78 is 0. The molecule has 0 aromatic heterocycles. The minimum atomic E-state index is 0.0963. The third-order valence-corrected chi connectivity index (χ3v) is 4.95. The van der Waals surface area contributed by atoms with Crippen LogP contribution < -0.4 is 4.90 Å². The Morgan fingerprint density at radius 1 is 0.548 bits per heavy atom. The van der Waals surface area contributed by atoms with E-state index in [-0.39, 0.29) is 5.57 Å². The molecule has 4 aromatic rings. The molecule has 0 heterocycles. The summed E-state index contributed by atoms with van der Waals surface area (Å²) in [5.74, 6) is 0. The standard InChI is InChI=1S/C28H19N3/c29-20-23(21-30)19-22-11-13-24(14-12-22)25-15-17-28(18-16-25)31(26-7-3-1-4-8-26)27-9-5-2-6-10-27/h1-19H. The molecule has 0 bridgehead atoms. The summed E-state index contributed by atoms with van der Waals surface area (Å²) in [6.45, 7) is 0. The van der Waals surface area contributed by atoms with Gasteiger partial charge in [-0.2, -0.15) is 10.5 Å². The van der Waals surface area contributed by atoms with Crippen LogP contribution >= 0.6 is 0 Å². The molecule has 0 radical (unpaired) electrons. The average Bonchev–Trinajstić information content (AvgIpc) is 2.85. The summed E-state index contributed by atoms with van der Waals surface area (Å²) >= 11 is 0. The van der Waals surface area contributed by atoms with Gasteiger partial charge in [0.2, 0.25) is 0 Å². The number of nitriles is 2. The van der Waals surface area contributed by atoms with Gasteiger partial charge in [0, 0.05) is 17.1 Å². The zero-order valence-corrected chi connectivity index (χ0v) is 16.8. The highest BCUT2D eigenvalue weighted by molar-refractivity contribution is 5.78. The van der Waals surface area contributed by atoms with Gasteiger partial charge in [-0.3, -0.25) is 0 Å². The highest BCUT2D eigenvalue weighted by Gasteiger charge is 2.11. The van der Waals surface area contributed by atoms with E-state index in [0.29, 0.717) is 0 Å². The predicted octanol–water partition coefficient (Wildman–Crippen LogP) is 7.25. The average molecular weight is 397 g/mol. The molecule has 146 valence electrons. The van der Waals surface area contributed by atoms with Crippen LogP contribution in [0.1, 0.15) is 5.56 Å². The third kappa shape index (κ3) is 4.53. The van der Waals surface area contributed by atoms with E-state index < -0.39 is 0 Å². The number of nitrogens with zero attached hydrogens (tertiary/aromatic N) is 3. The van der Waals surface area contributed by atoms with E-state index in [1.165, 1.54) is 0 Å². The zero-order valence-electron chi connectivity index (χ0n) is 16.8. The summed E-state index contributed by atoms with van der Waals surface area (Å²) in [7, 11) is 0. The predicted molar refractivity (Wildman–Crippen MR) is 126 cm³/mol. The van der Waals surface area contributed by atoms with E-state index in [4.69, 9.17) is 10.5 Å². The van der Waals surface area contributed by atoms with Crippen LogP contribution in [0, 0.1) is 22.7 Å². The minimum Gasteiger partial charge on any atom is -0.311 e. The normalized spacial score (nSPS) is 9.87. The van der Waals surface area contributed by atoms with Gasteiger partial charge in [0.1, 0.15) is 17.7 Å². The Morgan fingerprint density at radius 3 is 1.42 bits per heavy atom. The molecule has 4 aromatic carbocycles. The minimum absolute atomic E-state index is 0.0963. The van der Waals surface area contributed by atoms with Crippen LogP contribution in [-0.4, -0.2) is 0 Å². The van der Waals surface area contributed by atoms with Gasteiger partial charge in [-0.25, -0.2) is 0 Å². The second-order valence-electron chi connectivity index (χ2n) is 6.96. The number of hydrogen-bond acceptors (Lipinski definition) is 3. The fraction of sp³-hybridized carbons (Fsp3) is 0. The van der Waals surface area contributed by atoms with Gasteiger partial charge < -0.3 is 4.90 Å². The molecule has 0 fully saturated rings. The van der Waals surface area contributed by atoms with Crippen LogP contribution in [-0.2, 0) is 0 Å². The molecule has 4 rings (SSSR count). The van der Waals surface area contributed by atoms with Crippen molar-refractivity contribution in [1.82, 2.24) is 0 Å². The van der Waals surface area contributed by atoms with Crippen LogP contribution in [0.5, 0.6) is 0 Å². The molecule has 0 spiro atoms. The van der Waals surface area contributed by atoms with Crippen LogP contribution in [0.25, 0.3) is 17.2 Å². The van der Waals surface area contributed by atoms with Crippen molar-refractivity contribution in [2.45, 2.75) is 0 Å². The van der Waals surface area contributed by atoms with E-state index in [9.17, 15) is 0 Å². The summed E-state index contributed by atoms with van der Waals surface area (Å²) in [5.41, 5.74) is 6.38. The molecule has 0 atom stereocenters. The summed E-state index contributed by atoms with van der Waals surface area (Å²) in [5, 5.41) is 17.8. The Balaban J connectivity index is 1.65. The number of benzene rings is 4. The van der Waals surface area contributed by atoms with Gasteiger partial charge in [0.05, 0.1) is 0 Å². The number of anilines is 3. The molecule has 0 aliphatic rings. The highest BCUT2D eigenvalue weighted by Crippen LogP contribution is 2.35. The maximum atomic E-state index is 8.91.